The van der Waals surface area contributed by atoms with E-state index in [1.54, 1.807) is 28.4 Å². The molecule has 3 aromatic rings. The van der Waals surface area contributed by atoms with Crippen LogP contribution in [0.25, 0.3) is 0 Å². The summed E-state index contributed by atoms with van der Waals surface area (Å²) < 4.78 is 21.9. The van der Waals surface area contributed by atoms with E-state index in [-0.39, 0.29) is 18.0 Å². The third-order valence-electron chi connectivity index (χ3n) is 7.14. The van der Waals surface area contributed by atoms with Crippen LogP contribution in [0.2, 0.25) is 0 Å². The summed E-state index contributed by atoms with van der Waals surface area (Å²) in [5.41, 5.74) is 1.26. The van der Waals surface area contributed by atoms with Gasteiger partial charge in [0.25, 0.3) is 5.54 Å². The minimum absolute atomic E-state index is 0.121. The standard InChI is InChI=1S/C29H35N3O6/c1-35-25-12-10-22(27(16-25)37-3)18-30-14-15-31(19-23-11-13-26(36-2)17-28(23)38-4)21-29(20-30,32(33)34)24-8-6-5-7-9-24/h5-13,16-17H,14-15,18-21H2,1-4H3. The summed E-state index contributed by atoms with van der Waals surface area (Å²) in [5.74, 6) is 2.79. The minimum Gasteiger partial charge on any atom is -0.497 e. The van der Waals surface area contributed by atoms with Crippen molar-refractivity contribution >= 4 is 0 Å². The fraction of sp³-hybridized carbons (Fsp3) is 0.379. The summed E-state index contributed by atoms with van der Waals surface area (Å²) in [7, 11) is 6.47. The predicted octanol–water partition coefficient (Wildman–Crippen LogP) is 4.21. The summed E-state index contributed by atoms with van der Waals surface area (Å²) in [6, 6.07) is 20.7. The predicted molar refractivity (Wildman–Crippen MR) is 145 cm³/mol. The number of ether oxygens (including phenoxy) is 4. The van der Waals surface area contributed by atoms with Crippen LogP contribution in [0.15, 0.2) is 66.7 Å². The van der Waals surface area contributed by atoms with Crippen LogP contribution in [0.4, 0.5) is 0 Å². The third-order valence-corrected chi connectivity index (χ3v) is 7.14. The summed E-state index contributed by atoms with van der Waals surface area (Å²) in [4.78, 5) is 17.1. The van der Waals surface area contributed by atoms with Gasteiger partial charge in [-0.25, -0.2) is 0 Å². The zero-order chi connectivity index (χ0) is 27.1. The van der Waals surface area contributed by atoms with Crippen molar-refractivity contribution in [2.45, 2.75) is 18.6 Å². The Morgan fingerprint density at radius 3 is 1.61 bits per heavy atom. The molecule has 1 aliphatic rings. The van der Waals surface area contributed by atoms with Crippen LogP contribution in [0, 0.1) is 10.1 Å². The SMILES string of the molecule is COc1ccc(CN2CCN(Cc3ccc(OC)cc3OC)CC(c3ccccc3)([N+](=O)[O-])C2)c(OC)c1. The first-order valence-electron chi connectivity index (χ1n) is 12.5. The number of rotatable bonds is 10. The lowest BCUT2D eigenvalue weighted by atomic mass is 9.89. The molecule has 38 heavy (non-hydrogen) atoms. The van der Waals surface area contributed by atoms with Crippen molar-refractivity contribution in [3.05, 3.63) is 93.5 Å². The first kappa shape index (κ1) is 27.2. The molecule has 9 heteroatoms. The van der Waals surface area contributed by atoms with Gasteiger partial charge < -0.3 is 18.9 Å². The monoisotopic (exact) mass is 521 g/mol. The Bertz CT molecular complexity index is 1170. The van der Waals surface area contributed by atoms with Crippen LogP contribution in [0.1, 0.15) is 16.7 Å². The van der Waals surface area contributed by atoms with Crippen molar-refractivity contribution < 1.29 is 23.9 Å². The van der Waals surface area contributed by atoms with Gasteiger partial charge in [-0.2, -0.15) is 0 Å². The molecule has 4 rings (SSSR count). The Kier molecular flexibility index (Phi) is 8.70. The molecule has 3 aromatic carbocycles. The number of nitrogens with zero attached hydrogens (tertiary/aromatic N) is 3. The maximum Gasteiger partial charge on any atom is 0.271 e. The Labute approximate surface area is 223 Å². The van der Waals surface area contributed by atoms with Crippen molar-refractivity contribution in [1.82, 2.24) is 9.80 Å². The first-order valence-corrected chi connectivity index (χ1v) is 12.5. The van der Waals surface area contributed by atoms with Gasteiger partial charge in [0.05, 0.1) is 41.5 Å². The van der Waals surface area contributed by atoms with Gasteiger partial charge in [-0.3, -0.25) is 19.9 Å². The fourth-order valence-electron chi connectivity index (χ4n) is 5.10. The Morgan fingerprint density at radius 2 is 1.21 bits per heavy atom. The van der Waals surface area contributed by atoms with Crippen molar-refractivity contribution in [1.29, 1.82) is 0 Å². The second-order valence-electron chi connectivity index (χ2n) is 9.43. The number of nitro groups is 1. The highest BCUT2D eigenvalue weighted by Gasteiger charge is 2.49. The van der Waals surface area contributed by atoms with E-state index in [1.807, 2.05) is 66.7 Å². The van der Waals surface area contributed by atoms with Gasteiger partial charge >= 0.3 is 0 Å². The van der Waals surface area contributed by atoms with Gasteiger partial charge in [0, 0.05) is 59.9 Å². The van der Waals surface area contributed by atoms with Crippen LogP contribution in [-0.2, 0) is 18.6 Å². The quantitative estimate of drug-likeness (QED) is 0.290. The Hall–Kier alpha value is -3.82. The van der Waals surface area contributed by atoms with Gasteiger partial charge in [-0.15, -0.1) is 0 Å². The maximum atomic E-state index is 12.9. The molecule has 9 nitrogen and oxygen atoms in total. The highest BCUT2D eigenvalue weighted by atomic mass is 16.6. The second kappa shape index (κ2) is 12.1. The third kappa shape index (κ3) is 5.84. The average Bonchev–Trinajstić information content (AvgIpc) is 3.14. The molecule has 202 valence electrons. The summed E-state index contributed by atoms with van der Waals surface area (Å²) in [6.07, 6.45) is 0. The molecule has 0 aromatic heterocycles. The normalized spacial score (nSPS) is 15.9. The van der Waals surface area contributed by atoms with Crippen molar-refractivity contribution in [3.8, 4) is 23.0 Å². The minimum atomic E-state index is -1.32. The van der Waals surface area contributed by atoms with E-state index in [4.69, 9.17) is 18.9 Å². The largest absolute Gasteiger partial charge is 0.497 e. The molecule has 0 spiro atoms. The highest BCUT2D eigenvalue weighted by molar-refractivity contribution is 5.42. The molecule has 1 fully saturated rings. The molecule has 0 aliphatic carbocycles. The molecular weight excluding hydrogens is 486 g/mol. The molecule has 0 radical (unpaired) electrons. The number of hydrogen-bond acceptors (Lipinski definition) is 8. The lowest BCUT2D eigenvalue weighted by Gasteiger charge is -2.31. The smallest absolute Gasteiger partial charge is 0.271 e. The topological polar surface area (TPSA) is 86.5 Å². The second-order valence-corrected chi connectivity index (χ2v) is 9.43. The zero-order valence-corrected chi connectivity index (χ0v) is 22.4. The van der Waals surface area contributed by atoms with E-state index in [0.717, 1.165) is 11.1 Å². The van der Waals surface area contributed by atoms with E-state index in [9.17, 15) is 10.1 Å². The molecule has 1 heterocycles. The molecular formula is C29H35N3O6. The molecule has 0 N–H and O–H groups in total. The van der Waals surface area contributed by atoms with Gasteiger partial charge in [0.1, 0.15) is 23.0 Å². The van der Waals surface area contributed by atoms with E-state index in [1.165, 1.54) is 0 Å². The average molecular weight is 522 g/mol. The number of benzene rings is 3. The lowest BCUT2D eigenvalue weighted by Crippen LogP contribution is -2.50. The summed E-state index contributed by atoms with van der Waals surface area (Å²) >= 11 is 0. The van der Waals surface area contributed by atoms with Crippen LogP contribution in [-0.4, -0.2) is 69.3 Å². The Balaban J connectivity index is 1.69. The van der Waals surface area contributed by atoms with Crippen molar-refractivity contribution in [3.63, 3.8) is 0 Å². The first-order chi connectivity index (χ1) is 18.4. The van der Waals surface area contributed by atoms with Gasteiger partial charge in [-0.05, 0) is 12.1 Å². The van der Waals surface area contributed by atoms with E-state index < -0.39 is 5.54 Å². The van der Waals surface area contributed by atoms with Crippen LogP contribution >= 0.6 is 0 Å². The molecule has 1 saturated heterocycles. The molecule has 0 bridgehead atoms. The van der Waals surface area contributed by atoms with Crippen molar-refractivity contribution in [2.24, 2.45) is 0 Å². The van der Waals surface area contributed by atoms with Gasteiger partial charge in [0.15, 0.2) is 0 Å². The summed E-state index contributed by atoms with van der Waals surface area (Å²) in [5, 5.41) is 12.9. The van der Waals surface area contributed by atoms with Crippen LogP contribution in [0.5, 0.6) is 23.0 Å². The fourth-order valence-corrected chi connectivity index (χ4v) is 5.10. The van der Waals surface area contributed by atoms with E-state index in [2.05, 4.69) is 9.80 Å². The molecule has 0 unspecified atom stereocenters. The maximum absolute atomic E-state index is 12.9. The van der Waals surface area contributed by atoms with E-state index in [0.29, 0.717) is 54.7 Å². The van der Waals surface area contributed by atoms with Crippen molar-refractivity contribution in [2.75, 3.05) is 54.6 Å². The number of hydrogen-bond donors (Lipinski definition) is 0. The molecule has 0 atom stereocenters. The van der Waals surface area contributed by atoms with Crippen LogP contribution < -0.4 is 18.9 Å². The van der Waals surface area contributed by atoms with Crippen LogP contribution in [0.3, 0.4) is 0 Å². The molecule has 1 aliphatic heterocycles. The van der Waals surface area contributed by atoms with E-state index >= 15 is 0 Å². The highest BCUT2D eigenvalue weighted by Crippen LogP contribution is 2.34. The lowest BCUT2D eigenvalue weighted by molar-refractivity contribution is -0.579. The number of methoxy groups -OCH3 is 4. The molecule has 0 saturated carbocycles. The zero-order valence-electron chi connectivity index (χ0n) is 22.4. The Morgan fingerprint density at radius 1 is 0.737 bits per heavy atom. The summed E-state index contributed by atoms with van der Waals surface area (Å²) in [6.45, 7) is 2.83. The van der Waals surface area contributed by atoms with Gasteiger partial charge in [-0.1, -0.05) is 42.5 Å². The van der Waals surface area contributed by atoms with Gasteiger partial charge in [0.2, 0.25) is 0 Å². The molecule has 0 amide bonds.